The molecular formula is C38H54N3O5+. The number of hydrogen-bond donors (Lipinski definition) is 3. The number of nitrogens with zero attached hydrogens (tertiary/aromatic N) is 1. The van der Waals surface area contributed by atoms with Gasteiger partial charge in [-0.3, -0.25) is 14.9 Å². The van der Waals surface area contributed by atoms with Crippen LogP contribution in [-0.4, -0.2) is 67.8 Å². The van der Waals surface area contributed by atoms with Crippen LogP contribution in [0.25, 0.3) is 0 Å². The molecule has 2 aliphatic carbocycles. The van der Waals surface area contributed by atoms with E-state index in [1.807, 2.05) is 12.8 Å². The van der Waals surface area contributed by atoms with Crippen LogP contribution in [0, 0.1) is 47.5 Å². The molecule has 1 saturated heterocycles. The highest BCUT2D eigenvalue weighted by atomic mass is 16.5. The lowest BCUT2D eigenvalue weighted by atomic mass is 9.66. The van der Waals surface area contributed by atoms with Crippen molar-refractivity contribution in [1.82, 2.24) is 10.6 Å². The van der Waals surface area contributed by atoms with E-state index in [1.165, 1.54) is 18.1 Å². The Morgan fingerprint density at radius 1 is 1.13 bits per heavy atom. The third-order valence-corrected chi connectivity index (χ3v) is 11.1. The van der Waals surface area contributed by atoms with Gasteiger partial charge in [0.25, 0.3) is 0 Å². The van der Waals surface area contributed by atoms with Crippen LogP contribution < -0.4 is 10.6 Å². The highest BCUT2D eigenvalue weighted by molar-refractivity contribution is 5.84. The Hall–Kier alpha value is -2.70. The molecule has 0 amide bonds. The summed E-state index contributed by atoms with van der Waals surface area (Å²) in [6.07, 6.45) is 19.1. The van der Waals surface area contributed by atoms with Crippen molar-refractivity contribution >= 4 is 18.0 Å². The zero-order chi connectivity index (χ0) is 32.5. The van der Waals surface area contributed by atoms with E-state index in [9.17, 15) is 14.7 Å². The molecular weight excluding hydrogens is 578 g/mol. The van der Waals surface area contributed by atoms with E-state index in [2.05, 4.69) is 58.7 Å². The molecule has 2 bridgehead atoms. The Bertz CT molecular complexity index is 1260. The standard InChI is InChI=1S/C38H54N3O5/c1-26-7-4-5-15-38(26)16-13-34(46-27(2)42)22-33(43)20-29(30-11-12-35(44)36(21-30)45-3)8-6-17-40-37-19-28(14-18-41-37)9-10-31-24-39-25-32(31)23-38/h4-5,7,15,24-26,28-30,34-37,40-41,44H,9-14,16-23H2,1-3H3/q+1/t26-,28?,29-,30?,34-,35?,36?,37?,38-/m1/s1. The minimum absolute atomic E-state index is 0.0634. The molecule has 5 rings (SSSR count). The van der Waals surface area contributed by atoms with E-state index >= 15 is 0 Å². The maximum Gasteiger partial charge on any atom is 0.302 e. The average molecular weight is 633 g/mol. The number of fused-ring (bicyclic) bond motifs is 2. The van der Waals surface area contributed by atoms with Crippen molar-refractivity contribution in [2.75, 3.05) is 20.2 Å². The number of carbonyl (C=O) groups is 2. The van der Waals surface area contributed by atoms with Crippen LogP contribution in [0.4, 0.5) is 0 Å². The van der Waals surface area contributed by atoms with Gasteiger partial charge < -0.3 is 19.9 Å². The quantitative estimate of drug-likeness (QED) is 0.222. The van der Waals surface area contributed by atoms with Crippen molar-refractivity contribution in [3.8, 4) is 11.8 Å². The van der Waals surface area contributed by atoms with E-state index in [4.69, 9.17) is 9.47 Å². The van der Waals surface area contributed by atoms with Gasteiger partial charge >= 0.3 is 5.97 Å². The van der Waals surface area contributed by atoms with Crippen LogP contribution in [0.3, 0.4) is 0 Å². The van der Waals surface area contributed by atoms with Gasteiger partial charge in [-0.1, -0.05) is 43.1 Å². The molecule has 250 valence electrons. The van der Waals surface area contributed by atoms with Gasteiger partial charge in [0.2, 0.25) is 0 Å². The molecule has 1 spiro atoms. The maximum atomic E-state index is 13.7. The zero-order valence-electron chi connectivity index (χ0n) is 28.0. The summed E-state index contributed by atoms with van der Waals surface area (Å²) in [6.45, 7) is 7.28. The summed E-state index contributed by atoms with van der Waals surface area (Å²) in [5.74, 6) is 7.45. The second kappa shape index (κ2) is 16.4. The molecule has 3 N–H and O–H groups in total. The molecule has 0 aromatic carbocycles. The monoisotopic (exact) mass is 632 g/mol. The largest absolute Gasteiger partial charge is 0.462 e. The second-order valence-electron chi connectivity index (χ2n) is 14.3. The van der Waals surface area contributed by atoms with E-state index in [1.54, 1.807) is 7.11 Å². The fraction of sp³-hybridized carbons (Fsp3) is 0.684. The SMILES string of the molecule is COC1CC([C@@H]2C#CCNC3CC(CCN3)CCC3=C(C=N[CH+]3)C[C@@]3(C=CC=C[C@H]3C)CC[C@@H](OC(C)=O)CC(=O)C2)CCC1O. The number of carbonyl (C=O) groups excluding carboxylic acids is 2. The Morgan fingerprint density at radius 3 is 2.80 bits per heavy atom. The van der Waals surface area contributed by atoms with Gasteiger partial charge in [-0.15, -0.1) is 4.99 Å². The normalized spacial score (nSPS) is 37.6. The molecule has 8 heteroatoms. The van der Waals surface area contributed by atoms with Crippen molar-refractivity contribution in [2.24, 2.45) is 34.1 Å². The summed E-state index contributed by atoms with van der Waals surface area (Å²) in [5, 5.41) is 17.7. The molecule has 3 heterocycles. The van der Waals surface area contributed by atoms with Crippen molar-refractivity contribution < 1.29 is 24.2 Å². The molecule has 46 heavy (non-hydrogen) atoms. The molecule has 8 nitrogen and oxygen atoms in total. The minimum Gasteiger partial charge on any atom is -0.462 e. The van der Waals surface area contributed by atoms with Gasteiger partial charge in [-0.25, -0.2) is 0 Å². The second-order valence-corrected chi connectivity index (χ2v) is 14.3. The van der Waals surface area contributed by atoms with Crippen LogP contribution in [0.5, 0.6) is 0 Å². The number of ketones is 1. The summed E-state index contributed by atoms with van der Waals surface area (Å²) >= 11 is 0. The van der Waals surface area contributed by atoms with Crippen molar-refractivity contribution in [1.29, 1.82) is 0 Å². The number of nitrogens with one attached hydrogen (secondary N) is 2. The molecule has 0 aromatic heterocycles. The number of Topliss-reactive ketones (excluding diaryl/α,β-unsaturated/α-hetero) is 1. The first kappa shape index (κ1) is 34.6. The lowest BCUT2D eigenvalue weighted by Crippen LogP contribution is -2.47. The van der Waals surface area contributed by atoms with E-state index in [0.29, 0.717) is 38.1 Å². The highest BCUT2D eigenvalue weighted by Gasteiger charge is 2.40. The first-order valence-electron chi connectivity index (χ1n) is 17.5. The van der Waals surface area contributed by atoms with Crippen LogP contribution in [0.1, 0.15) is 90.9 Å². The summed E-state index contributed by atoms with van der Waals surface area (Å²) < 4.78 is 11.4. The Morgan fingerprint density at radius 2 is 2.00 bits per heavy atom. The number of methoxy groups -OCH3 is 1. The molecule has 3 aliphatic heterocycles. The highest BCUT2D eigenvalue weighted by Crippen LogP contribution is 2.45. The molecule has 2 fully saturated rings. The number of rotatable bonds is 3. The van der Waals surface area contributed by atoms with Crippen molar-refractivity contribution in [3.63, 3.8) is 0 Å². The smallest absolute Gasteiger partial charge is 0.302 e. The van der Waals surface area contributed by atoms with Gasteiger partial charge in [0.15, 0.2) is 6.21 Å². The predicted octanol–water partition coefficient (Wildman–Crippen LogP) is 5.23. The molecule has 0 radical (unpaired) electrons. The van der Waals surface area contributed by atoms with E-state index in [0.717, 1.165) is 51.5 Å². The number of allylic oxidation sites excluding steroid dienone is 5. The first-order chi connectivity index (χ1) is 22.2. The molecule has 1 saturated carbocycles. The van der Waals surface area contributed by atoms with Gasteiger partial charge in [0.1, 0.15) is 24.0 Å². The number of aliphatic hydroxyl groups excluding tert-OH is 1. The zero-order valence-corrected chi connectivity index (χ0v) is 28.0. The fourth-order valence-corrected chi connectivity index (χ4v) is 8.24. The summed E-state index contributed by atoms with van der Waals surface area (Å²) in [4.78, 5) is 30.5. The number of piperidine rings is 1. The maximum absolute atomic E-state index is 13.7. The topological polar surface area (TPSA) is 109 Å². The van der Waals surface area contributed by atoms with Gasteiger partial charge in [-0.2, -0.15) is 0 Å². The number of ether oxygens (including phenoxy) is 2. The third kappa shape index (κ3) is 9.22. The minimum atomic E-state index is -0.489. The Kier molecular flexibility index (Phi) is 12.4. The van der Waals surface area contributed by atoms with Crippen LogP contribution >= 0.6 is 0 Å². The summed E-state index contributed by atoms with van der Waals surface area (Å²) in [7, 11) is 1.64. The van der Waals surface area contributed by atoms with Gasteiger partial charge in [0.05, 0.1) is 30.5 Å². The molecule has 5 unspecified atom stereocenters. The molecule has 5 aliphatic rings. The average Bonchev–Trinajstić information content (AvgIpc) is 3.48. The van der Waals surface area contributed by atoms with Crippen LogP contribution in [0.2, 0.25) is 0 Å². The summed E-state index contributed by atoms with van der Waals surface area (Å²) in [6, 6.07) is 0. The number of esters is 1. The van der Waals surface area contributed by atoms with Crippen LogP contribution in [0.15, 0.2) is 40.4 Å². The van der Waals surface area contributed by atoms with E-state index < -0.39 is 12.2 Å². The number of aliphatic imine (C=N–C) groups is 1. The Labute approximate surface area is 275 Å². The van der Waals surface area contributed by atoms with Crippen molar-refractivity contribution in [3.05, 3.63) is 42.0 Å². The number of aliphatic hydroxyl groups is 1. The lowest BCUT2D eigenvalue weighted by Gasteiger charge is -2.37. The molecule has 0 aromatic rings. The lowest BCUT2D eigenvalue weighted by molar-refractivity contribution is -0.148. The fourth-order valence-electron chi connectivity index (χ4n) is 8.24. The predicted molar refractivity (Wildman–Crippen MR) is 181 cm³/mol. The summed E-state index contributed by atoms with van der Waals surface area (Å²) in [5.41, 5.74) is 2.48. The van der Waals surface area contributed by atoms with E-state index in [-0.39, 0.29) is 53.6 Å². The van der Waals surface area contributed by atoms with Crippen molar-refractivity contribution in [2.45, 2.75) is 115 Å². The van der Waals surface area contributed by atoms with Gasteiger partial charge in [0, 0.05) is 51.0 Å². The van der Waals surface area contributed by atoms with Gasteiger partial charge in [-0.05, 0) is 75.7 Å². The van der Waals surface area contributed by atoms with Crippen LogP contribution in [-0.2, 0) is 19.1 Å². The molecule has 9 atom stereocenters. The Balaban J connectivity index is 1.40. The first-order valence-corrected chi connectivity index (χ1v) is 17.5. The third-order valence-electron chi connectivity index (χ3n) is 11.1. The number of hydrogen-bond acceptors (Lipinski definition) is 8.